The molecule has 21 heavy (non-hydrogen) atoms. The van der Waals surface area contributed by atoms with E-state index in [9.17, 15) is 13.6 Å². The van der Waals surface area contributed by atoms with Crippen molar-refractivity contribution in [2.75, 3.05) is 0 Å². The van der Waals surface area contributed by atoms with E-state index < -0.39 is 17.5 Å². The molecule has 1 N–H and O–H groups in total. The average molecular weight is 308 g/mol. The van der Waals surface area contributed by atoms with Crippen molar-refractivity contribution in [2.45, 2.75) is 25.8 Å². The molecule has 2 aromatic rings. The molecular formula is C15H14F2N2OS. The van der Waals surface area contributed by atoms with Gasteiger partial charge in [-0.05, 0) is 37.8 Å². The van der Waals surface area contributed by atoms with Gasteiger partial charge in [0.15, 0.2) is 11.6 Å². The molecule has 1 heterocycles. The van der Waals surface area contributed by atoms with Gasteiger partial charge in [-0.2, -0.15) is 0 Å². The average Bonchev–Trinajstić information content (AvgIpc) is 3.20. The molecule has 110 valence electrons. The quantitative estimate of drug-likeness (QED) is 0.937. The molecule has 1 aliphatic carbocycles. The Bertz CT molecular complexity index is 682. The summed E-state index contributed by atoms with van der Waals surface area (Å²) in [5.74, 6) is -2.40. The minimum absolute atomic E-state index is 0.223. The van der Waals surface area contributed by atoms with Gasteiger partial charge in [-0.3, -0.25) is 4.79 Å². The van der Waals surface area contributed by atoms with Crippen LogP contribution in [0.25, 0.3) is 0 Å². The Morgan fingerprint density at radius 2 is 2.19 bits per heavy atom. The van der Waals surface area contributed by atoms with Crippen molar-refractivity contribution in [1.82, 2.24) is 10.3 Å². The highest BCUT2D eigenvalue weighted by Gasteiger charge is 2.35. The maximum Gasteiger partial charge on any atom is 0.254 e. The smallest absolute Gasteiger partial charge is 0.254 e. The van der Waals surface area contributed by atoms with Crippen molar-refractivity contribution >= 4 is 17.2 Å². The molecule has 0 saturated heterocycles. The second-order valence-corrected chi connectivity index (χ2v) is 6.11. The summed E-state index contributed by atoms with van der Waals surface area (Å²) in [6, 6.07) is 3.38. The third-order valence-electron chi connectivity index (χ3n) is 3.48. The Kier molecular flexibility index (Phi) is 3.71. The van der Waals surface area contributed by atoms with Crippen LogP contribution in [0.2, 0.25) is 0 Å². The Labute approximate surface area is 125 Å². The zero-order chi connectivity index (χ0) is 15.0. The van der Waals surface area contributed by atoms with E-state index in [4.69, 9.17) is 0 Å². The first kappa shape index (κ1) is 14.1. The van der Waals surface area contributed by atoms with E-state index in [-0.39, 0.29) is 11.6 Å². The number of rotatable bonds is 4. The van der Waals surface area contributed by atoms with Gasteiger partial charge in [0, 0.05) is 11.1 Å². The van der Waals surface area contributed by atoms with Gasteiger partial charge in [-0.15, -0.1) is 11.3 Å². The first-order chi connectivity index (χ1) is 10.1. The first-order valence-electron chi connectivity index (χ1n) is 6.73. The number of hydrogen-bond donors (Lipinski definition) is 1. The number of halogens is 2. The van der Waals surface area contributed by atoms with Crippen molar-refractivity contribution in [2.24, 2.45) is 5.92 Å². The lowest BCUT2D eigenvalue weighted by molar-refractivity contribution is 0.0926. The third kappa shape index (κ3) is 2.95. The van der Waals surface area contributed by atoms with Gasteiger partial charge in [0.05, 0.1) is 11.6 Å². The number of carbonyl (C=O) groups excluding carboxylic acids is 1. The van der Waals surface area contributed by atoms with Crippen LogP contribution in [-0.2, 0) is 0 Å². The fourth-order valence-corrected chi connectivity index (χ4v) is 3.16. The molecule has 0 radical (unpaired) electrons. The molecule has 3 rings (SSSR count). The van der Waals surface area contributed by atoms with Gasteiger partial charge in [0.2, 0.25) is 0 Å². The number of amides is 1. The number of nitrogens with one attached hydrogen (secondary N) is 1. The van der Waals surface area contributed by atoms with E-state index in [0.29, 0.717) is 5.92 Å². The summed E-state index contributed by atoms with van der Waals surface area (Å²) in [6.07, 6.45) is 2.02. The van der Waals surface area contributed by atoms with Crippen LogP contribution in [-0.4, -0.2) is 10.9 Å². The first-order valence-corrected chi connectivity index (χ1v) is 7.61. The van der Waals surface area contributed by atoms with Crippen molar-refractivity contribution in [3.63, 3.8) is 0 Å². The zero-order valence-corrected chi connectivity index (χ0v) is 12.2. The molecule has 0 spiro atoms. The molecule has 1 fully saturated rings. The van der Waals surface area contributed by atoms with Crippen LogP contribution in [0.3, 0.4) is 0 Å². The van der Waals surface area contributed by atoms with Crippen LogP contribution < -0.4 is 5.32 Å². The van der Waals surface area contributed by atoms with E-state index in [1.807, 2.05) is 12.3 Å². The summed E-state index contributed by atoms with van der Waals surface area (Å²) in [6.45, 7) is 1.89. The van der Waals surface area contributed by atoms with Crippen LogP contribution in [0, 0.1) is 24.5 Å². The predicted molar refractivity (Wildman–Crippen MR) is 76.1 cm³/mol. The lowest BCUT2D eigenvalue weighted by Gasteiger charge is -2.16. The lowest BCUT2D eigenvalue weighted by atomic mass is 10.1. The van der Waals surface area contributed by atoms with Crippen molar-refractivity contribution < 1.29 is 13.6 Å². The SMILES string of the molecule is Cc1csc(C(NC(=O)c2cccc(F)c2F)C2CC2)n1. The molecule has 1 aromatic heterocycles. The minimum Gasteiger partial charge on any atom is -0.342 e. The summed E-state index contributed by atoms with van der Waals surface area (Å²) in [5.41, 5.74) is 0.626. The van der Waals surface area contributed by atoms with Crippen molar-refractivity contribution in [3.8, 4) is 0 Å². The fraction of sp³-hybridized carbons (Fsp3) is 0.333. The molecular weight excluding hydrogens is 294 g/mol. The molecule has 1 aromatic carbocycles. The van der Waals surface area contributed by atoms with Gasteiger partial charge < -0.3 is 5.32 Å². The number of hydrogen-bond acceptors (Lipinski definition) is 3. The van der Waals surface area contributed by atoms with Crippen LogP contribution in [0.4, 0.5) is 8.78 Å². The van der Waals surface area contributed by atoms with Crippen molar-refractivity contribution in [3.05, 3.63) is 51.5 Å². The minimum atomic E-state index is -1.11. The number of aryl methyl sites for hydroxylation is 1. The Hall–Kier alpha value is -1.82. The van der Waals surface area contributed by atoms with Gasteiger partial charge in [0.1, 0.15) is 5.01 Å². The second-order valence-electron chi connectivity index (χ2n) is 5.22. The van der Waals surface area contributed by atoms with Gasteiger partial charge in [0.25, 0.3) is 5.91 Å². The van der Waals surface area contributed by atoms with Gasteiger partial charge in [-0.1, -0.05) is 6.07 Å². The monoisotopic (exact) mass is 308 g/mol. The summed E-state index contributed by atoms with van der Waals surface area (Å²) in [5, 5.41) is 5.53. The molecule has 0 aliphatic heterocycles. The molecule has 6 heteroatoms. The summed E-state index contributed by atoms with van der Waals surface area (Å²) < 4.78 is 26.9. The normalized spacial score (nSPS) is 15.8. The zero-order valence-electron chi connectivity index (χ0n) is 11.4. The molecule has 1 atom stereocenters. The predicted octanol–water partition coefficient (Wildman–Crippen LogP) is 3.61. The van der Waals surface area contributed by atoms with E-state index in [1.54, 1.807) is 0 Å². The number of carbonyl (C=O) groups is 1. The van der Waals surface area contributed by atoms with Crippen LogP contribution in [0.1, 0.15) is 39.9 Å². The Morgan fingerprint density at radius 3 is 2.81 bits per heavy atom. The maximum atomic E-state index is 13.7. The van der Waals surface area contributed by atoms with Crippen LogP contribution in [0.5, 0.6) is 0 Å². The summed E-state index contributed by atoms with van der Waals surface area (Å²) in [7, 11) is 0. The highest BCUT2D eigenvalue weighted by molar-refractivity contribution is 7.09. The lowest BCUT2D eigenvalue weighted by Crippen LogP contribution is -2.30. The highest BCUT2D eigenvalue weighted by Crippen LogP contribution is 2.42. The van der Waals surface area contributed by atoms with E-state index >= 15 is 0 Å². The van der Waals surface area contributed by atoms with Crippen LogP contribution in [0.15, 0.2) is 23.6 Å². The largest absolute Gasteiger partial charge is 0.342 e. The molecule has 1 saturated carbocycles. The Morgan fingerprint density at radius 1 is 1.43 bits per heavy atom. The second kappa shape index (κ2) is 5.52. The highest BCUT2D eigenvalue weighted by atomic mass is 32.1. The maximum absolute atomic E-state index is 13.7. The molecule has 1 amide bonds. The fourth-order valence-electron chi connectivity index (χ4n) is 2.22. The van der Waals surface area contributed by atoms with Crippen molar-refractivity contribution in [1.29, 1.82) is 0 Å². The van der Waals surface area contributed by atoms with Gasteiger partial charge >= 0.3 is 0 Å². The summed E-state index contributed by atoms with van der Waals surface area (Å²) in [4.78, 5) is 16.6. The molecule has 0 bridgehead atoms. The topological polar surface area (TPSA) is 42.0 Å². The standard InChI is InChI=1S/C15H14F2N2OS/c1-8-7-21-15(18-8)13(9-5-6-9)19-14(20)10-3-2-4-11(16)12(10)17/h2-4,7,9,13H,5-6H2,1H3,(H,19,20). The Balaban J connectivity index is 1.83. The molecule has 1 aliphatic rings. The van der Waals surface area contributed by atoms with Crippen LogP contribution >= 0.6 is 11.3 Å². The number of thiazole rings is 1. The number of benzene rings is 1. The molecule has 3 nitrogen and oxygen atoms in total. The van der Waals surface area contributed by atoms with E-state index in [2.05, 4.69) is 10.3 Å². The van der Waals surface area contributed by atoms with E-state index in [0.717, 1.165) is 29.6 Å². The van der Waals surface area contributed by atoms with E-state index in [1.165, 1.54) is 23.5 Å². The number of nitrogens with zero attached hydrogens (tertiary/aromatic N) is 1. The molecule has 1 unspecified atom stereocenters. The third-order valence-corrected chi connectivity index (χ3v) is 4.52. The van der Waals surface area contributed by atoms with Gasteiger partial charge in [-0.25, -0.2) is 13.8 Å². The summed E-state index contributed by atoms with van der Waals surface area (Å²) >= 11 is 1.48. The number of aromatic nitrogens is 1.